The number of carbonyl (C=O) groups is 1. The SMILES string of the molecule is Cc1c(Cl)cccc1NC(=O)CN(C)Cc1ccc(OC(F)F)cc1. The van der Waals surface area contributed by atoms with E-state index in [1.165, 1.54) is 12.1 Å². The highest BCUT2D eigenvalue weighted by atomic mass is 35.5. The Balaban J connectivity index is 1.88. The van der Waals surface area contributed by atoms with Gasteiger partial charge < -0.3 is 10.1 Å². The molecule has 0 aliphatic rings. The molecule has 2 aromatic carbocycles. The van der Waals surface area contributed by atoms with Crippen LogP contribution >= 0.6 is 11.6 Å². The predicted molar refractivity (Wildman–Crippen MR) is 94.2 cm³/mol. The second-order valence-corrected chi connectivity index (χ2v) is 6.06. The number of ether oxygens (including phenoxy) is 1. The average Bonchev–Trinajstić information content (AvgIpc) is 2.53. The lowest BCUT2D eigenvalue weighted by molar-refractivity contribution is -0.117. The molecule has 0 aromatic heterocycles. The first-order valence-corrected chi connectivity index (χ1v) is 8.00. The van der Waals surface area contributed by atoms with Gasteiger partial charge in [-0.2, -0.15) is 8.78 Å². The molecule has 2 rings (SSSR count). The fourth-order valence-corrected chi connectivity index (χ4v) is 2.50. The van der Waals surface area contributed by atoms with Gasteiger partial charge in [0.25, 0.3) is 0 Å². The molecule has 0 radical (unpaired) electrons. The summed E-state index contributed by atoms with van der Waals surface area (Å²) in [4.78, 5) is 14.0. The zero-order valence-corrected chi connectivity index (χ0v) is 14.7. The maximum atomic E-state index is 12.2. The third-order valence-electron chi connectivity index (χ3n) is 3.56. The Kier molecular flexibility index (Phi) is 6.73. The van der Waals surface area contributed by atoms with Gasteiger partial charge in [-0.3, -0.25) is 9.69 Å². The van der Waals surface area contributed by atoms with E-state index >= 15 is 0 Å². The third kappa shape index (κ3) is 5.99. The van der Waals surface area contributed by atoms with E-state index in [0.717, 1.165) is 11.1 Å². The summed E-state index contributed by atoms with van der Waals surface area (Å²) >= 11 is 6.04. The lowest BCUT2D eigenvalue weighted by Crippen LogP contribution is -2.30. The Morgan fingerprint density at radius 3 is 2.56 bits per heavy atom. The summed E-state index contributed by atoms with van der Waals surface area (Å²) in [7, 11) is 1.80. The molecule has 1 N–H and O–H groups in total. The number of rotatable bonds is 7. The summed E-state index contributed by atoms with van der Waals surface area (Å²) < 4.78 is 28.6. The van der Waals surface area contributed by atoms with Gasteiger partial charge in [-0.15, -0.1) is 0 Å². The Hall–Kier alpha value is -2.18. The molecule has 4 nitrogen and oxygen atoms in total. The van der Waals surface area contributed by atoms with Gasteiger partial charge in [0, 0.05) is 17.3 Å². The quantitative estimate of drug-likeness (QED) is 0.791. The van der Waals surface area contributed by atoms with Crippen LogP contribution in [-0.2, 0) is 11.3 Å². The lowest BCUT2D eigenvalue weighted by atomic mass is 10.2. The van der Waals surface area contributed by atoms with Crippen molar-refractivity contribution in [3.05, 3.63) is 58.6 Å². The molecule has 0 bridgehead atoms. The van der Waals surface area contributed by atoms with Crippen LogP contribution in [0.25, 0.3) is 0 Å². The minimum Gasteiger partial charge on any atom is -0.435 e. The van der Waals surface area contributed by atoms with Crippen molar-refractivity contribution in [1.82, 2.24) is 4.90 Å². The number of anilines is 1. The van der Waals surface area contributed by atoms with Crippen LogP contribution in [0.5, 0.6) is 5.75 Å². The number of likely N-dealkylation sites (N-methyl/N-ethyl adjacent to an activating group) is 1. The summed E-state index contributed by atoms with van der Waals surface area (Å²) in [5, 5.41) is 3.42. The van der Waals surface area contributed by atoms with Crippen molar-refractivity contribution in [1.29, 1.82) is 0 Å². The Labute approximate surface area is 150 Å². The van der Waals surface area contributed by atoms with E-state index in [9.17, 15) is 13.6 Å². The summed E-state index contributed by atoms with van der Waals surface area (Å²) in [6, 6.07) is 11.7. The standard InChI is InChI=1S/C18H19ClF2N2O2/c1-12-15(19)4-3-5-16(12)22-17(24)11-23(2)10-13-6-8-14(9-7-13)25-18(20)21/h3-9,18H,10-11H2,1-2H3,(H,22,24). The average molecular weight is 369 g/mol. The van der Waals surface area contributed by atoms with Crippen molar-refractivity contribution in [2.45, 2.75) is 20.1 Å². The predicted octanol–water partition coefficient (Wildman–Crippen LogP) is 4.32. The van der Waals surface area contributed by atoms with E-state index in [1.54, 1.807) is 37.4 Å². The van der Waals surface area contributed by atoms with Crippen LogP contribution < -0.4 is 10.1 Å². The highest BCUT2D eigenvalue weighted by molar-refractivity contribution is 6.31. The Morgan fingerprint density at radius 2 is 1.92 bits per heavy atom. The fraction of sp³-hybridized carbons (Fsp3) is 0.278. The van der Waals surface area contributed by atoms with E-state index in [4.69, 9.17) is 11.6 Å². The first kappa shape index (κ1) is 19.1. The largest absolute Gasteiger partial charge is 0.435 e. The molecule has 0 unspecified atom stereocenters. The van der Waals surface area contributed by atoms with Gasteiger partial charge >= 0.3 is 6.61 Å². The van der Waals surface area contributed by atoms with E-state index in [2.05, 4.69) is 10.1 Å². The smallest absolute Gasteiger partial charge is 0.387 e. The van der Waals surface area contributed by atoms with Crippen molar-refractivity contribution in [2.24, 2.45) is 0 Å². The number of nitrogens with zero attached hydrogens (tertiary/aromatic N) is 1. The molecule has 0 atom stereocenters. The molecule has 0 fully saturated rings. The number of carbonyl (C=O) groups excluding carboxylic acids is 1. The first-order chi connectivity index (χ1) is 11.8. The minimum absolute atomic E-state index is 0.107. The van der Waals surface area contributed by atoms with Gasteiger partial charge in [0.1, 0.15) is 5.75 Å². The molecule has 25 heavy (non-hydrogen) atoms. The molecule has 0 heterocycles. The minimum atomic E-state index is -2.84. The number of amides is 1. The molecule has 0 spiro atoms. The topological polar surface area (TPSA) is 41.6 Å². The van der Waals surface area contributed by atoms with Crippen LogP contribution in [-0.4, -0.2) is 31.0 Å². The van der Waals surface area contributed by atoms with Crippen LogP contribution in [0, 0.1) is 6.92 Å². The second-order valence-electron chi connectivity index (χ2n) is 5.66. The number of benzene rings is 2. The fourth-order valence-electron chi connectivity index (χ4n) is 2.32. The summed E-state index contributed by atoms with van der Waals surface area (Å²) in [6.07, 6.45) is 0. The van der Waals surface area contributed by atoms with Gasteiger partial charge in [-0.25, -0.2) is 0 Å². The van der Waals surface area contributed by atoms with Crippen LogP contribution in [0.1, 0.15) is 11.1 Å². The van der Waals surface area contributed by atoms with Gasteiger partial charge in [0.05, 0.1) is 6.54 Å². The van der Waals surface area contributed by atoms with Crippen LogP contribution in [0.15, 0.2) is 42.5 Å². The van der Waals surface area contributed by atoms with Gasteiger partial charge in [-0.05, 0) is 49.4 Å². The highest BCUT2D eigenvalue weighted by Crippen LogP contribution is 2.23. The third-order valence-corrected chi connectivity index (χ3v) is 3.97. The number of hydrogen-bond donors (Lipinski definition) is 1. The molecule has 1 amide bonds. The van der Waals surface area contributed by atoms with Crippen molar-refractivity contribution < 1.29 is 18.3 Å². The molecular formula is C18H19ClF2N2O2. The normalized spacial score (nSPS) is 11.0. The molecule has 0 saturated heterocycles. The van der Waals surface area contributed by atoms with E-state index < -0.39 is 6.61 Å². The van der Waals surface area contributed by atoms with E-state index in [0.29, 0.717) is 17.3 Å². The van der Waals surface area contributed by atoms with Gasteiger partial charge in [-0.1, -0.05) is 29.8 Å². The molecule has 0 aliphatic carbocycles. The first-order valence-electron chi connectivity index (χ1n) is 7.62. The van der Waals surface area contributed by atoms with Crippen molar-refractivity contribution in [3.63, 3.8) is 0 Å². The molecule has 0 aliphatic heterocycles. The van der Waals surface area contributed by atoms with Crippen molar-refractivity contribution >= 4 is 23.2 Å². The number of alkyl halides is 2. The Morgan fingerprint density at radius 1 is 1.24 bits per heavy atom. The number of nitrogens with one attached hydrogen (secondary N) is 1. The monoisotopic (exact) mass is 368 g/mol. The van der Waals surface area contributed by atoms with Crippen molar-refractivity contribution in [3.8, 4) is 5.75 Å². The zero-order valence-electron chi connectivity index (χ0n) is 13.9. The maximum Gasteiger partial charge on any atom is 0.387 e. The van der Waals surface area contributed by atoms with Crippen molar-refractivity contribution in [2.75, 3.05) is 18.9 Å². The van der Waals surface area contributed by atoms with Gasteiger partial charge in [0.2, 0.25) is 5.91 Å². The van der Waals surface area contributed by atoms with Crippen LogP contribution in [0.2, 0.25) is 5.02 Å². The Bertz CT molecular complexity index is 724. The van der Waals surface area contributed by atoms with Crippen LogP contribution in [0.4, 0.5) is 14.5 Å². The number of halogens is 3. The molecule has 0 saturated carbocycles. The second kappa shape index (κ2) is 8.78. The molecule has 7 heteroatoms. The molecular weight excluding hydrogens is 350 g/mol. The summed E-state index contributed by atoms with van der Waals surface area (Å²) in [5.74, 6) is -0.0545. The van der Waals surface area contributed by atoms with E-state index in [-0.39, 0.29) is 18.2 Å². The molecule has 134 valence electrons. The summed E-state index contributed by atoms with van der Waals surface area (Å²) in [6.45, 7) is -0.324. The lowest BCUT2D eigenvalue weighted by Gasteiger charge is -2.17. The highest BCUT2D eigenvalue weighted by Gasteiger charge is 2.10. The van der Waals surface area contributed by atoms with E-state index in [1.807, 2.05) is 11.8 Å². The zero-order chi connectivity index (χ0) is 18.4. The number of hydrogen-bond acceptors (Lipinski definition) is 3. The van der Waals surface area contributed by atoms with Crippen LogP contribution in [0.3, 0.4) is 0 Å². The van der Waals surface area contributed by atoms with Gasteiger partial charge in [0.15, 0.2) is 0 Å². The molecule has 2 aromatic rings. The maximum absolute atomic E-state index is 12.2. The summed E-state index contributed by atoms with van der Waals surface area (Å²) in [5.41, 5.74) is 2.38.